The van der Waals surface area contributed by atoms with Crippen LogP contribution in [0.2, 0.25) is 5.02 Å². The molecule has 0 aromatic carbocycles. The topological polar surface area (TPSA) is 137 Å². The van der Waals surface area contributed by atoms with E-state index in [0.29, 0.717) is 24.4 Å². The van der Waals surface area contributed by atoms with E-state index in [0.717, 1.165) is 30.8 Å². The van der Waals surface area contributed by atoms with E-state index >= 15 is 0 Å². The molecule has 4 amide bonds. The number of likely N-dealkylation sites (tertiary alicyclic amines) is 1. The van der Waals surface area contributed by atoms with Gasteiger partial charge in [-0.05, 0) is 37.2 Å². The summed E-state index contributed by atoms with van der Waals surface area (Å²) in [7, 11) is 2.03. The van der Waals surface area contributed by atoms with Crippen molar-refractivity contribution in [3.63, 3.8) is 0 Å². The second kappa shape index (κ2) is 12.1. The summed E-state index contributed by atoms with van der Waals surface area (Å²) in [5, 5.41) is 8.35. The Kier molecular flexibility index (Phi) is 9.19. The first-order valence-electron chi connectivity index (χ1n) is 11.2. The molecule has 0 saturated carbocycles. The van der Waals surface area contributed by atoms with Gasteiger partial charge < -0.3 is 25.8 Å². The Morgan fingerprint density at radius 3 is 2.61 bits per heavy atom. The quantitative estimate of drug-likeness (QED) is 0.377. The maximum Gasteiger partial charge on any atom is 0.314 e. The summed E-state index contributed by atoms with van der Waals surface area (Å²) >= 11 is 5.78. The molecule has 3 N–H and O–H groups in total. The zero-order chi connectivity index (χ0) is 24.9. The fourth-order valence-electron chi connectivity index (χ4n) is 4.17. The lowest BCUT2D eigenvalue weighted by atomic mass is 9.99. The number of piperidine rings is 1. The zero-order valence-corrected chi connectivity index (χ0v) is 21.1. The van der Waals surface area contributed by atoms with Gasteiger partial charge in [-0.1, -0.05) is 17.7 Å². The van der Waals surface area contributed by atoms with Gasteiger partial charge in [0.25, 0.3) is 5.91 Å². The van der Waals surface area contributed by atoms with Crippen LogP contribution >= 0.6 is 24.0 Å². The molecule has 0 bridgehead atoms. The molecule has 2 atom stereocenters. The third-order valence-corrected chi connectivity index (χ3v) is 6.30. The summed E-state index contributed by atoms with van der Waals surface area (Å²) in [6, 6.07) is 5.43. The highest BCUT2D eigenvalue weighted by atomic mass is 35.5. The number of likely N-dealkylation sites (N-methyl/N-ethyl adjacent to an activating group) is 1. The molecule has 0 unspecified atom stereocenters. The molecule has 2 aliphatic heterocycles. The van der Waals surface area contributed by atoms with Crippen LogP contribution in [0.15, 0.2) is 30.5 Å². The molecule has 2 aromatic rings. The van der Waals surface area contributed by atoms with Gasteiger partial charge in [-0.25, -0.2) is 9.97 Å². The van der Waals surface area contributed by atoms with Crippen LogP contribution < -0.4 is 16.0 Å². The van der Waals surface area contributed by atoms with Crippen molar-refractivity contribution >= 4 is 54.0 Å². The lowest BCUT2D eigenvalue weighted by molar-refractivity contribution is -0.137. The number of hydrogen-bond donors (Lipinski definition) is 3. The first-order chi connectivity index (χ1) is 16.8. The van der Waals surface area contributed by atoms with Gasteiger partial charge in [0.15, 0.2) is 0 Å². The van der Waals surface area contributed by atoms with E-state index in [2.05, 4.69) is 30.8 Å². The van der Waals surface area contributed by atoms with Crippen LogP contribution in [-0.4, -0.2) is 82.7 Å². The predicted molar refractivity (Wildman–Crippen MR) is 135 cm³/mol. The first-order valence-corrected chi connectivity index (χ1v) is 11.6. The molecule has 2 aromatic heterocycles. The van der Waals surface area contributed by atoms with Crippen molar-refractivity contribution in [1.82, 2.24) is 30.4 Å². The van der Waals surface area contributed by atoms with Gasteiger partial charge in [-0.15, -0.1) is 12.4 Å². The average molecular weight is 536 g/mol. The summed E-state index contributed by atoms with van der Waals surface area (Å²) in [5.74, 6) is -2.00. The molecular weight excluding hydrogens is 509 g/mol. The molecule has 1 saturated heterocycles. The maximum atomic E-state index is 13.0. The summed E-state index contributed by atoms with van der Waals surface area (Å²) in [4.78, 5) is 61.4. The Morgan fingerprint density at radius 2 is 1.89 bits per heavy atom. The Bertz CT molecular complexity index is 1130. The maximum absolute atomic E-state index is 13.0. The number of nitrogens with one attached hydrogen (secondary N) is 3. The highest BCUT2D eigenvalue weighted by Gasteiger charge is 2.33. The monoisotopic (exact) mass is 535 g/mol. The average Bonchev–Trinajstić information content (AvgIpc) is 2.85. The van der Waals surface area contributed by atoms with Crippen LogP contribution in [0, 0.1) is 0 Å². The number of nitrogens with zero attached hydrogens (tertiary/aromatic N) is 4. The Hall–Kier alpha value is -3.28. The van der Waals surface area contributed by atoms with E-state index in [4.69, 9.17) is 11.6 Å². The minimum atomic E-state index is -0.899. The summed E-state index contributed by atoms with van der Waals surface area (Å²) < 4.78 is 0. The second-order valence-corrected chi connectivity index (χ2v) is 9.09. The molecule has 11 nitrogen and oxygen atoms in total. The first kappa shape index (κ1) is 27.3. The fourth-order valence-corrected chi connectivity index (χ4v) is 4.29. The Morgan fingerprint density at radius 1 is 1.08 bits per heavy atom. The number of amides is 4. The minimum absolute atomic E-state index is 0. The number of carbonyl (C=O) groups excluding carboxylic acids is 4. The van der Waals surface area contributed by atoms with E-state index < -0.39 is 29.8 Å². The number of rotatable bonds is 5. The molecule has 13 heteroatoms. The van der Waals surface area contributed by atoms with E-state index in [9.17, 15) is 19.2 Å². The normalized spacial score (nSPS) is 19.3. The molecule has 0 spiro atoms. The van der Waals surface area contributed by atoms with Crippen LogP contribution in [0.25, 0.3) is 0 Å². The second-order valence-electron chi connectivity index (χ2n) is 8.65. The van der Waals surface area contributed by atoms with Crippen LogP contribution in [0.1, 0.15) is 28.2 Å². The summed E-state index contributed by atoms with van der Waals surface area (Å²) in [6.45, 7) is 2.22. The lowest BCUT2D eigenvalue weighted by Gasteiger charge is -2.37. The number of anilines is 1. The number of aromatic nitrogens is 2. The standard InChI is InChI=1S/C23H26ClN7O4.ClH/c1-30-8-6-16-14(11-30)2-4-18(26-16)21(33)28-19-12-31(13-32)9-7-17(19)27-22(34)23(35)29-20-5-3-15(24)10-25-20;/h2-5,10,13,17,19H,6-9,11-12H2,1H3,(H,27,34)(H,28,33)(H,25,29,35);1H/t17-,19+;/m0./s1. The van der Waals surface area contributed by atoms with Crippen molar-refractivity contribution in [2.45, 2.75) is 31.5 Å². The molecule has 36 heavy (non-hydrogen) atoms. The zero-order valence-electron chi connectivity index (χ0n) is 19.6. The Labute approximate surface area is 219 Å². The van der Waals surface area contributed by atoms with E-state index in [1.807, 2.05) is 13.1 Å². The van der Waals surface area contributed by atoms with Gasteiger partial charge in [0, 0.05) is 44.5 Å². The van der Waals surface area contributed by atoms with Gasteiger partial charge in [-0.2, -0.15) is 0 Å². The van der Waals surface area contributed by atoms with Gasteiger partial charge in [-0.3, -0.25) is 19.2 Å². The molecule has 4 heterocycles. The Balaban J connectivity index is 0.00000361. The van der Waals surface area contributed by atoms with Gasteiger partial charge in [0.2, 0.25) is 6.41 Å². The van der Waals surface area contributed by atoms with Gasteiger partial charge >= 0.3 is 11.8 Å². The van der Waals surface area contributed by atoms with Gasteiger partial charge in [0.05, 0.1) is 17.1 Å². The van der Waals surface area contributed by atoms with Crippen LogP contribution in [-0.2, 0) is 27.3 Å². The van der Waals surface area contributed by atoms with E-state index in [-0.39, 0.29) is 30.5 Å². The smallest absolute Gasteiger partial charge is 0.314 e. The van der Waals surface area contributed by atoms with Crippen molar-refractivity contribution in [3.8, 4) is 0 Å². The van der Waals surface area contributed by atoms with E-state index in [1.165, 1.54) is 23.2 Å². The van der Waals surface area contributed by atoms with Crippen LogP contribution in [0.4, 0.5) is 5.82 Å². The van der Waals surface area contributed by atoms with E-state index in [1.54, 1.807) is 6.07 Å². The minimum Gasteiger partial charge on any atom is -0.344 e. The van der Waals surface area contributed by atoms with Gasteiger partial charge in [0.1, 0.15) is 11.5 Å². The lowest BCUT2D eigenvalue weighted by Crippen LogP contribution is -2.61. The molecule has 2 aliphatic rings. The van der Waals surface area contributed by atoms with Crippen molar-refractivity contribution in [1.29, 1.82) is 0 Å². The van der Waals surface area contributed by atoms with Crippen molar-refractivity contribution in [2.75, 3.05) is 32.0 Å². The molecule has 192 valence electrons. The number of carbonyl (C=O) groups is 4. The van der Waals surface area contributed by atoms with Crippen molar-refractivity contribution < 1.29 is 19.2 Å². The molecule has 0 aliphatic carbocycles. The summed E-state index contributed by atoms with van der Waals surface area (Å²) in [5.41, 5.74) is 2.26. The van der Waals surface area contributed by atoms with Crippen LogP contribution in [0.3, 0.4) is 0 Å². The third kappa shape index (κ3) is 6.68. The van der Waals surface area contributed by atoms with Crippen LogP contribution in [0.5, 0.6) is 0 Å². The molecule has 1 fully saturated rings. The predicted octanol–water partition coefficient (Wildman–Crippen LogP) is 0.624. The third-order valence-electron chi connectivity index (χ3n) is 6.07. The molecule has 4 rings (SSSR count). The fraction of sp³-hybridized carbons (Fsp3) is 0.391. The number of pyridine rings is 2. The SMILES string of the molecule is CN1CCc2nc(C(=O)N[C@@H]3CN(C=O)CC[C@@H]3NC(=O)C(=O)Nc3ccc(Cl)cn3)ccc2C1.Cl. The number of hydrogen-bond acceptors (Lipinski definition) is 7. The highest BCUT2D eigenvalue weighted by molar-refractivity contribution is 6.39. The van der Waals surface area contributed by atoms with Crippen molar-refractivity contribution in [2.24, 2.45) is 0 Å². The van der Waals surface area contributed by atoms with Crippen molar-refractivity contribution in [3.05, 3.63) is 52.4 Å². The largest absolute Gasteiger partial charge is 0.344 e. The molecular formula is C23H27Cl2N7O4. The molecule has 0 radical (unpaired) electrons. The number of fused-ring (bicyclic) bond motifs is 1. The number of halogens is 2. The highest BCUT2D eigenvalue weighted by Crippen LogP contribution is 2.17. The summed E-state index contributed by atoms with van der Waals surface area (Å²) in [6.07, 6.45) is 3.17.